The zero-order valence-electron chi connectivity index (χ0n) is 5.64. The number of methoxy groups -OCH3 is 1. The van der Waals surface area contributed by atoms with Gasteiger partial charge in [-0.25, -0.2) is 0 Å². The highest BCUT2D eigenvalue weighted by atomic mass is 16.5. The average molecular weight is 115 g/mol. The van der Waals surface area contributed by atoms with Gasteiger partial charge in [-0.15, -0.1) is 0 Å². The fourth-order valence-corrected chi connectivity index (χ4v) is 0.310. The summed E-state index contributed by atoms with van der Waals surface area (Å²) in [5.74, 6) is 0. The van der Waals surface area contributed by atoms with E-state index in [2.05, 4.69) is 5.32 Å². The molecule has 1 N–H and O–H groups in total. The standard InChI is InChI=1S/C6H13NO/c1-6(8-3)4-5-7-2/h4-7H,1-3H3/b5-4-. The lowest BCUT2D eigenvalue weighted by atomic mass is 10.4. The van der Waals surface area contributed by atoms with Crippen LogP contribution in [0.15, 0.2) is 12.3 Å². The molecule has 0 rings (SSSR count). The van der Waals surface area contributed by atoms with Gasteiger partial charge in [-0.2, -0.15) is 0 Å². The van der Waals surface area contributed by atoms with Crippen LogP contribution < -0.4 is 5.32 Å². The summed E-state index contributed by atoms with van der Waals surface area (Å²) in [4.78, 5) is 0. The van der Waals surface area contributed by atoms with Crippen LogP contribution in [-0.4, -0.2) is 20.3 Å². The molecule has 0 saturated carbocycles. The number of hydrogen-bond donors (Lipinski definition) is 1. The maximum absolute atomic E-state index is 4.93. The molecule has 0 radical (unpaired) electrons. The fraction of sp³-hybridized carbons (Fsp3) is 0.667. The van der Waals surface area contributed by atoms with Gasteiger partial charge < -0.3 is 10.1 Å². The number of nitrogens with one attached hydrogen (secondary N) is 1. The van der Waals surface area contributed by atoms with E-state index in [1.807, 2.05) is 26.2 Å². The van der Waals surface area contributed by atoms with Crippen molar-refractivity contribution in [3.05, 3.63) is 12.3 Å². The Morgan fingerprint density at radius 3 is 2.62 bits per heavy atom. The molecule has 0 aromatic heterocycles. The smallest absolute Gasteiger partial charge is 0.0740 e. The quantitative estimate of drug-likeness (QED) is 0.586. The predicted octanol–water partition coefficient (Wildman–Crippen LogP) is 0.754. The van der Waals surface area contributed by atoms with Crippen LogP contribution in [-0.2, 0) is 4.74 Å². The molecule has 0 aliphatic rings. The maximum atomic E-state index is 4.93. The third kappa shape index (κ3) is 3.68. The van der Waals surface area contributed by atoms with E-state index in [-0.39, 0.29) is 6.10 Å². The van der Waals surface area contributed by atoms with E-state index in [4.69, 9.17) is 4.74 Å². The minimum Gasteiger partial charge on any atom is -0.394 e. The van der Waals surface area contributed by atoms with Crippen LogP contribution >= 0.6 is 0 Å². The van der Waals surface area contributed by atoms with E-state index in [9.17, 15) is 0 Å². The minimum atomic E-state index is 0.211. The summed E-state index contributed by atoms with van der Waals surface area (Å²) in [7, 11) is 3.55. The summed E-state index contributed by atoms with van der Waals surface area (Å²) in [6.07, 6.45) is 4.01. The van der Waals surface area contributed by atoms with Gasteiger partial charge in [0.15, 0.2) is 0 Å². The average Bonchev–Trinajstić information content (AvgIpc) is 1.83. The Balaban J connectivity index is 3.21. The molecule has 0 amide bonds. The number of rotatable bonds is 3. The van der Waals surface area contributed by atoms with Gasteiger partial charge in [0.05, 0.1) is 6.10 Å². The highest BCUT2D eigenvalue weighted by molar-refractivity contribution is 4.83. The molecule has 2 heteroatoms. The third-order valence-electron chi connectivity index (χ3n) is 0.906. The van der Waals surface area contributed by atoms with Crippen molar-refractivity contribution in [2.45, 2.75) is 13.0 Å². The molecule has 0 bridgehead atoms. The molecule has 0 heterocycles. The van der Waals surface area contributed by atoms with Gasteiger partial charge in [-0.05, 0) is 19.2 Å². The topological polar surface area (TPSA) is 21.3 Å². The van der Waals surface area contributed by atoms with Crippen molar-refractivity contribution >= 4 is 0 Å². The molecule has 0 fully saturated rings. The minimum absolute atomic E-state index is 0.211. The van der Waals surface area contributed by atoms with Gasteiger partial charge in [-0.3, -0.25) is 0 Å². The molecule has 1 atom stereocenters. The van der Waals surface area contributed by atoms with E-state index in [1.165, 1.54) is 0 Å². The molecule has 0 aromatic rings. The number of ether oxygens (including phenoxy) is 1. The van der Waals surface area contributed by atoms with Gasteiger partial charge >= 0.3 is 0 Å². The van der Waals surface area contributed by atoms with Crippen LogP contribution in [0.2, 0.25) is 0 Å². The van der Waals surface area contributed by atoms with E-state index in [1.54, 1.807) is 7.11 Å². The van der Waals surface area contributed by atoms with Crippen LogP contribution in [0.25, 0.3) is 0 Å². The number of hydrogen-bond acceptors (Lipinski definition) is 2. The predicted molar refractivity (Wildman–Crippen MR) is 34.7 cm³/mol. The molecule has 0 aliphatic heterocycles. The summed E-state index contributed by atoms with van der Waals surface area (Å²) in [5, 5.41) is 2.87. The van der Waals surface area contributed by atoms with Gasteiger partial charge in [0.1, 0.15) is 0 Å². The second kappa shape index (κ2) is 4.65. The van der Waals surface area contributed by atoms with E-state index >= 15 is 0 Å². The zero-order chi connectivity index (χ0) is 6.41. The second-order valence-electron chi connectivity index (χ2n) is 1.59. The lowest BCUT2D eigenvalue weighted by molar-refractivity contribution is 0.156. The Bertz CT molecular complexity index is 70.9. The van der Waals surface area contributed by atoms with Crippen molar-refractivity contribution < 1.29 is 4.74 Å². The Morgan fingerprint density at radius 2 is 2.25 bits per heavy atom. The molecule has 0 saturated heterocycles. The van der Waals surface area contributed by atoms with Crippen molar-refractivity contribution in [3.8, 4) is 0 Å². The van der Waals surface area contributed by atoms with Crippen molar-refractivity contribution in [3.63, 3.8) is 0 Å². The first kappa shape index (κ1) is 7.50. The fourth-order valence-electron chi connectivity index (χ4n) is 0.310. The molecule has 0 spiro atoms. The van der Waals surface area contributed by atoms with Crippen molar-refractivity contribution in [1.29, 1.82) is 0 Å². The van der Waals surface area contributed by atoms with Crippen molar-refractivity contribution in [2.75, 3.05) is 14.2 Å². The maximum Gasteiger partial charge on any atom is 0.0740 e. The molecule has 0 aromatic carbocycles. The lowest BCUT2D eigenvalue weighted by Gasteiger charge is -1.99. The first-order chi connectivity index (χ1) is 3.81. The SMILES string of the molecule is CN/C=C\C(C)OC. The first-order valence-corrected chi connectivity index (χ1v) is 2.68. The third-order valence-corrected chi connectivity index (χ3v) is 0.906. The van der Waals surface area contributed by atoms with Crippen LogP contribution in [0.5, 0.6) is 0 Å². The molecule has 8 heavy (non-hydrogen) atoms. The van der Waals surface area contributed by atoms with Crippen LogP contribution in [0.4, 0.5) is 0 Å². The van der Waals surface area contributed by atoms with Crippen molar-refractivity contribution in [2.24, 2.45) is 0 Å². The van der Waals surface area contributed by atoms with E-state index in [0.717, 1.165) is 0 Å². The summed E-state index contributed by atoms with van der Waals surface area (Å²) < 4.78 is 4.93. The Kier molecular flexibility index (Phi) is 4.36. The van der Waals surface area contributed by atoms with Crippen LogP contribution in [0, 0.1) is 0 Å². The summed E-state index contributed by atoms with van der Waals surface area (Å²) in [6, 6.07) is 0. The van der Waals surface area contributed by atoms with Crippen molar-refractivity contribution in [1.82, 2.24) is 5.32 Å². The molecule has 2 nitrogen and oxygen atoms in total. The largest absolute Gasteiger partial charge is 0.394 e. The van der Waals surface area contributed by atoms with Crippen LogP contribution in [0.1, 0.15) is 6.92 Å². The summed E-state index contributed by atoms with van der Waals surface area (Å²) >= 11 is 0. The normalized spacial score (nSPS) is 14.4. The monoisotopic (exact) mass is 115 g/mol. The second-order valence-corrected chi connectivity index (χ2v) is 1.59. The molecule has 1 unspecified atom stereocenters. The molecular formula is C6H13NO. The summed E-state index contributed by atoms with van der Waals surface area (Å²) in [6.45, 7) is 1.98. The zero-order valence-corrected chi connectivity index (χ0v) is 5.64. The first-order valence-electron chi connectivity index (χ1n) is 2.68. The highest BCUT2D eigenvalue weighted by Crippen LogP contribution is 1.86. The van der Waals surface area contributed by atoms with Gasteiger partial charge in [-0.1, -0.05) is 0 Å². The Morgan fingerprint density at radius 1 is 1.62 bits per heavy atom. The van der Waals surface area contributed by atoms with Gasteiger partial charge in [0.2, 0.25) is 0 Å². The van der Waals surface area contributed by atoms with Crippen LogP contribution in [0.3, 0.4) is 0 Å². The van der Waals surface area contributed by atoms with E-state index < -0.39 is 0 Å². The lowest BCUT2D eigenvalue weighted by Crippen LogP contribution is -2.02. The van der Waals surface area contributed by atoms with Gasteiger partial charge in [0.25, 0.3) is 0 Å². The van der Waals surface area contributed by atoms with Gasteiger partial charge in [0, 0.05) is 14.2 Å². The highest BCUT2D eigenvalue weighted by Gasteiger charge is 1.86. The molecule has 0 aliphatic carbocycles. The molecule has 48 valence electrons. The molecular weight excluding hydrogens is 102 g/mol. The van der Waals surface area contributed by atoms with E-state index in [0.29, 0.717) is 0 Å². The Hall–Kier alpha value is -0.500. The summed E-state index contributed by atoms with van der Waals surface area (Å²) in [5.41, 5.74) is 0. The Labute approximate surface area is 50.5 Å².